The lowest BCUT2D eigenvalue weighted by Crippen LogP contribution is -1.98. The molecule has 120 valence electrons. The zero-order valence-corrected chi connectivity index (χ0v) is 13.0. The Balaban J connectivity index is 1.94. The summed E-state index contributed by atoms with van der Waals surface area (Å²) < 4.78 is 5.33. The van der Waals surface area contributed by atoms with Crippen molar-refractivity contribution >= 4 is 5.97 Å². The lowest BCUT2D eigenvalue weighted by atomic mass is 10.1. The number of hydrogen-bond acceptors (Lipinski definition) is 5. The van der Waals surface area contributed by atoms with Gasteiger partial charge in [0, 0.05) is 24.0 Å². The van der Waals surface area contributed by atoms with Gasteiger partial charge in [-0.1, -0.05) is 6.07 Å². The lowest BCUT2D eigenvalue weighted by Gasteiger charge is -2.06. The smallest absolute Gasteiger partial charge is 0.335 e. The highest BCUT2D eigenvalue weighted by atomic mass is 16.5. The fourth-order valence-electron chi connectivity index (χ4n) is 2.21. The summed E-state index contributed by atoms with van der Waals surface area (Å²) in [5, 5.41) is 9.09. The average Bonchev–Trinajstić information content (AvgIpc) is 2.63. The molecule has 0 saturated carbocycles. The van der Waals surface area contributed by atoms with E-state index < -0.39 is 5.97 Å². The fourth-order valence-corrected chi connectivity index (χ4v) is 2.21. The number of hydrogen-bond donors (Lipinski definition) is 1. The lowest BCUT2D eigenvalue weighted by molar-refractivity contribution is 0.0697. The molecule has 0 amide bonds. The number of carboxylic acids is 1. The molecule has 6 heteroatoms. The van der Waals surface area contributed by atoms with Crippen LogP contribution < -0.4 is 4.74 Å². The van der Waals surface area contributed by atoms with Gasteiger partial charge in [0.2, 0.25) is 5.88 Å². The van der Waals surface area contributed by atoms with Crippen molar-refractivity contribution < 1.29 is 14.6 Å². The molecule has 0 spiro atoms. The Kier molecular flexibility index (Phi) is 4.47. The number of ether oxygens (including phenoxy) is 1. The molecule has 0 radical (unpaired) electrons. The highest BCUT2D eigenvalue weighted by Crippen LogP contribution is 2.22. The van der Waals surface area contributed by atoms with Crippen LogP contribution in [0.1, 0.15) is 17.3 Å². The molecule has 0 unspecified atom stereocenters. The monoisotopic (exact) mass is 321 g/mol. The third kappa shape index (κ3) is 3.38. The van der Waals surface area contributed by atoms with Gasteiger partial charge in [-0.2, -0.15) is 0 Å². The Morgan fingerprint density at radius 3 is 2.62 bits per heavy atom. The third-order valence-electron chi connectivity index (χ3n) is 3.34. The van der Waals surface area contributed by atoms with Gasteiger partial charge >= 0.3 is 5.97 Å². The van der Waals surface area contributed by atoms with Gasteiger partial charge in [0.15, 0.2) is 0 Å². The predicted molar refractivity (Wildman–Crippen MR) is 88.8 cm³/mol. The van der Waals surface area contributed by atoms with E-state index in [9.17, 15) is 4.79 Å². The highest BCUT2D eigenvalue weighted by Gasteiger charge is 2.09. The number of nitrogens with zero attached hydrogens (tertiary/aromatic N) is 3. The van der Waals surface area contributed by atoms with E-state index in [2.05, 4.69) is 15.0 Å². The molecule has 3 rings (SSSR count). The van der Waals surface area contributed by atoms with E-state index in [1.165, 1.54) is 18.3 Å². The van der Waals surface area contributed by atoms with Crippen molar-refractivity contribution in [3.05, 3.63) is 60.4 Å². The van der Waals surface area contributed by atoms with Crippen LogP contribution in [-0.2, 0) is 0 Å². The summed E-state index contributed by atoms with van der Waals surface area (Å²) in [6.07, 6.45) is 3.16. The predicted octanol–water partition coefficient (Wildman–Crippen LogP) is 3.30. The van der Waals surface area contributed by atoms with Crippen molar-refractivity contribution in [2.75, 3.05) is 6.61 Å². The topological polar surface area (TPSA) is 85.2 Å². The van der Waals surface area contributed by atoms with Gasteiger partial charge in [0.1, 0.15) is 0 Å². The zero-order valence-electron chi connectivity index (χ0n) is 13.0. The van der Waals surface area contributed by atoms with Crippen LogP contribution in [0.25, 0.3) is 22.6 Å². The first-order valence-corrected chi connectivity index (χ1v) is 7.43. The summed E-state index contributed by atoms with van der Waals surface area (Å²) in [6, 6.07) is 12.1. The number of aromatic carboxylic acids is 1. The van der Waals surface area contributed by atoms with E-state index in [0.29, 0.717) is 23.9 Å². The van der Waals surface area contributed by atoms with Gasteiger partial charge in [-0.25, -0.2) is 14.8 Å². The van der Waals surface area contributed by atoms with Crippen LogP contribution in [0.5, 0.6) is 5.88 Å². The largest absolute Gasteiger partial charge is 0.478 e. The molecule has 0 aliphatic rings. The zero-order chi connectivity index (χ0) is 16.9. The van der Waals surface area contributed by atoms with Gasteiger partial charge < -0.3 is 9.84 Å². The molecule has 1 N–H and O–H groups in total. The summed E-state index contributed by atoms with van der Waals surface area (Å²) in [5.74, 6) is -0.432. The van der Waals surface area contributed by atoms with Crippen LogP contribution in [0.2, 0.25) is 0 Å². The van der Waals surface area contributed by atoms with Crippen molar-refractivity contribution in [2.45, 2.75) is 6.92 Å². The molecule has 0 aliphatic heterocycles. The molecule has 0 saturated heterocycles. The molecule has 3 heterocycles. The van der Waals surface area contributed by atoms with E-state index in [1.807, 2.05) is 25.1 Å². The van der Waals surface area contributed by atoms with E-state index in [0.717, 1.165) is 11.3 Å². The van der Waals surface area contributed by atoms with E-state index in [1.54, 1.807) is 18.3 Å². The van der Waals surface area contributed by atoms with Gasteiger partial charge in [0.05, 0.1) is 29.3 Å². The number of rotatable bonds is 5. The molecule has 0 atom stereocenters. The quantitative estimate of drug-likeness (QED) is 0.776. The SMILES string of the molecule is CCOc1ccc(-c2cccc(-c3cc(C(=O)O)ccn3)n2)cn1. The van der Waals surface area contributed by atoms with Crippen molar-refractivity contribution in [1.82, 2.24) is 15.0 Å². The number of pyridine rings is 3. The first-order chi connectivity index (χ1) is 11.7. The molecular formula is C18H15N3O3. The number of carbonyl (C=O) groups is 1. The Morgan fingerprint density at radius 1 is 1.08 bits per heavy atom. The van der Waals surface area contributed by atoms with Gasteiger partial charge in [-0.15, -0.1) is 0 Å². The van der Waals surface area contributed by atoms with Crippen LogP contribution >= 0.6 is 0 Å². The first-order valence-electron chi connectivity index (χ1n) is 7.43. The normalized spacial score (nSPS) is 10.4. The summed E-state index contributed by atoms with van der Waals surface area (Å²) in [6.45, 7) is 2.46. The molecule has 3 aromatic rings. The Bertz CT molecular complexity index is 863. The summed E-state index contributed by atoms with van der Waals surface area (Å²) in [7, 11) is 0. The molecule has 0 aliphatic carbocycles. The number of carboxylic acid groups (broad SMARTS) is 1. The van der Waals surface area contributed by atoms with E-state index in [4.69, 9.17) is 9.84 Å². The Hall–Kier alpha value is -3.28. The molecule has 0 aromatic carbocycles. The maximum absolute atomic E-state index is 11.1. The van der Waals surface area contributed by atoms with Gasteiger partial charge in [-0.05, 0) is 37.3 Å². The van der Waals surface area contributed by atoms with Crippen molar-refractivity contribution in [1.29, 1.82) is 0 Å². The standard InChI is InChI=1S/C18H15N3O3/c1-2-24-17-7-6-13(11-20-17)14-4-3-5-15(21-14)16-10-12(18(22)23)8-9-19-16/h3-11H,2H2,1H3,(H,22,23). The second kappa shape index (κ2) is 6.87. The summed E-state index contributed by atoms with van der Waals surface area (Å²) in [4.78, 5) is 24.1. The van der Waals surface area contributed by atoms with Gasteiger partial charge in [0.25, 0.3) is 0 Å². The summed E-state index contributed by atoms with van der Waals surface area (Å²) >= 11 is 0. The molecule has 0 fully saturated rings. The fraction of sp³-hybridized carbons (Fsp3) is 0.111. The van der Waals surface area contributed by atoms with Crippen molar-refractivity contribution in [3.8, 4) is 28.5 Å². The van der Waals surface area contributed by atoms with E-state index >= 15 is 0 Å². The Morgan fingerprint density at radius 2 is 1.92 bits per heavy atom. The summed E-state index contributed by atoms with van der Waals surface area (Å²) in [5.41, 5.74) is 2.86. The molecule has 0 bridgehead atoms. The van der Waals surface area contributed by atoms with E-state index in [-0.39, 0.29) is 5.56 Å². The van der Waals surface area contributed by atoms with Crippen LogP contribution in [-0.4, -0.2) is 32.6 Å². The van der Waals surface area contributed by atoms with Crippen LogP contribution in [0, 0.1) is 0 Å². The highest BCUT2D eigenvalue weighted by molar-refractivity contribution is 5.88. The second-order valence-electron chi connectivity index (χ2n) is 4.96. The maximum atomic E-state index is 11.1. The minimum atomic E-state index is -0.995. The minimum absolute atomic E-state index is 0.176. The van der Waals surface area contributed by atoms with Crippen molar-refractivity contribution in [3.63, 3.8) is 0 Å². The van der Waals surface area contributed by atoms with Crippen LogP contribution in [0.3, 0.4) is 0 Å². The minimum Gasteiger partial charge on any atom is -0.478 e. The maximum Gasteiger partial charge on any atom is 0.335 e. The second-order valence-corrected chi connectivity index (χ2v) is 4.96. The Labute approximate surface area is 138 Å². The first kappa shape index (κ1) is 15.6. The van der Waals surface area contributed by atoms with Gasteiger partial charge in [-0.3, -0.25) is 4.98 Å². The molecular weight excluding hydrogens is 306 g/mol. The third-order valence-corrected chi connectivity index (χ3v) is 3.34. The molecule has 24 heavy (non-hydrogen) atoms. The molecule has 6 nitrogen and oxygen atoms in total. The average molecular weight is 321 g/mol. The molecule has 3 aromatic heterocycles. The van der Waals surface area contributed by atoms with Crippen molar-refractivity contribution in [2.24, 2.45) is 0 Å². The van der Waals surface area contributed by atoms with Crippen LogP contribution in [0.15, 0.2) is 54.9 Å². The number of aromatic nitrogens is 3. The van der Waals surface area contributed by atoms with Crippen LogP contribution in [0.4, 0.5) is 0 Å².